The largest absolute Gasteiger partial charge is 0.477 e. The van der Waals surface area contributed by atoms with E-state index < -0.39 is 18.2 Å². The Morgan fingerprint density at radius 3 is 2.57 bits per heavy atom. The van der Waals surface area contributed by atoms with Gasteiger partial charge in [0.15, 0.2) is 5.69 Å². The van der Waals surface area contributed by atoms with E-state index in [4.69, 9.17) is 9.72 Å². The first-order valence-electron chi connectivity index (χ1n) is 15.6. The second-order valence-electron chi connectivity index (χ2n) is 11.8. The van der Waals surface area contributed by atoms with E-state index in [9.17, 15) is 22.8 Å². The van der Waals surface area contributed by atoms with E-state index in [2.05, 4.69) is 20.1 Å². The lowest BCUT2D eigenvalue weighted by Crippen LogP contribution is -2.61. The summed E-state index contributed by atoms with van der Waals surface area (Å²) in [6.45, 7) is 6.86. The summed E-state index contributed by atoms with van der Waals surface area (Å²) in [5.41, 5.74) is 2.10. The Morgan fingerprint density at radius 1 is 1.05 bits per heavy atom. The third-order valence-corrected chi connectivity index (χ3v) is 8.80. The Labute approximate surface area is 256 Å². The molecule has 0 bridgehead atoms. The van der Waals surface area contributed by atoms with Crippen molar-refractivity contribution in [3.05, 3.63) is 36.2 Å². The van der Waals surface area contributed by atoms with Crippen LogP contribution >= 0.6 is 0 Å². The van der Waals surface area contributed by atoms with Crippen LogP contribution in [0.25, 0.3) is 11.3 Å². The molecule has 1 N–H and O–H groups in total. The number of carbonyl (C=O) groups is 2. The number of alkyl halides is 3. The van der Waals surface area contributed by atoms with E-state index in [1.165, 1.54) is 4.90 Å². The molecule has 44 heavy (non-hydrogen) atoms. The smallest absolute Gasteiger partial charge is 0.408 e. The van der Waals surface area contributed by atoms with Gasteiger partial charge in [-0.3, -0.25) is 4.79 Å². The van der Waals surface area contributed by atoms with Crippen molar-refractivity contribution in [2.24, 2.45) is 0 Å². The molecule has 0 saturated carbocycles. The monoisotopic (exact) mass is 617 g/mol. The predicted molar refractivity (Wildman–Crippen MR) is 161 cm³/mol. The number of likely N-dealkylation sites (tertiary alicyclic amines) is 2. The number of halogens is 3. The highest BCUT2D eigenvalue weighted by Gasteiger charge is 2.47. The third-order valence-electron chi connectivity index (χ3n) is 8.80. The number of carbonyl (C=O) groups excluding carboxylic acids is 2. The minimum Gasteiger partial charge on any atom is -0.477 e. The highest BCUT2D eigenvalue weighted by molar-refractivity contribution is 5.99. The third kappa shape index (κ3) is 6.87. The lowest BCUT2D eigenvalue weighted by atomic mass is 10.0. The molecule has 3 atom stereocenters. The van der Waals surface area contributed by atoms with Gasteiger partial charge in [-0.25, -0.2) is 14.8 Å². The first kappa shape index (κ1) is 31.8. The number of pyridine rings is 2. The maximum Gasteiger partial charge on any atom is 0.408 e. The van der Waals surface area contributed by atoms with Gasteiger partial charge in [-0.15, -0.1) is 0 Å². The summed E-state index contributed by atoms with van der Waals surface area (Å²) in [7, 11) is 2.02. The van der Waals surface area contributed by atoms with Crippen LogP contribution < -0.4 is 15.0 Å². The van der Waals surface area contributed by atoms with Gasteiger partial charge in [0, 0.05) is 51.0 Å². The summed E-state index contributed by atoms with van der Waals surface area (Å²) >= 11 is 0. The van der Waals surface area contributed by atoms with Crippen LogP contribution in [0, 0.1) is 0 Å². The zero-order valence-corrected chi connectivity index (χ0v) is 25.6. The van der Waals surface area contributed by atoms with E-state index in [0.29, 0.717) is 55.2 Å². The van der Waals surface area contributed by atoms with Gasteiger partial charge >= 0.3 is 12.2 Å². The van der Waals surface area contributed by atoms with Crippen LogP contribution in [-0.4, -0.2) is 114 Å². The second kappa shape index (κ2) is 13.6. The minimum atomic E-state index is -4.46. The number of likely N-dealkylation sites (N-methyl/N-ethyl adjacent to an activating group) is 1. The van der Waals surface area contributed by atoms with Crippen LogP contribution in [0.3, 0.4) is 0 Å². The van der Waals surface area contributed by atoms with Crippen molar-refractivity contribution in [3.63, 3.8) is 0 Å². The molecule has 2 aromatic rings. The zero-order chi connectivity index (χ0) is 31.4. The molecule has 2 aromatic heterocycles. The van der Waals surface area contributed by atoms with Gasteiger partial charge in [0.05, 0.1) is 23.6 Å². The summed E-state index contributed by atoms with van der Waals surface area (Å²) in [5, 5.41) is 3.15. The van der Waals surface area contributed by atoms with Crippen LogP contribution in [0.4, 0.5) is 23.7 Å². The summed E-state index contributed by atoms with van der Waals surface area (Å²) in [6, 6.07) is 4.80. The lowest BCUT2D eigenvalue weighted by Gasteiger charge is -2.46. The van der Waals surface area contributed by atoms with Crippen molar-refractivity contribution in [2.75, 3.05) is 57.8 Å². The Balaban J connectivity index is 1.43. The zero-order valence-electron chi connectivity index (χ0n) is 25.6. The number of anilines is 1. The van der Waals surface area contributed by atoms with Gasteiger partial charge < -0.3 is 29.7 Å². The standard InChI is InChI=1S/C31H42F3N7O3/c1-4-22-20-39(30(43)41-15-7-6-10-26(41)31(32,33)34)17-18-40(22)25-12-11-24(23-9-8-14-35-29(23)44-5-2)37-27(25)28(42)36-21-13-16-38(3)19-21/h8-9,11-12,14,21-22,26H,4-7,10,13,15-20H2,1-3H3,(H,36,42)/t21-,22+,26-/m0/s1. The maximum atomic E-state index is 13.8. The van der Waals surface area contributed by atoms with Crippen molar-refractivity contribution in [1.29, 1.82) is 0 Å². The first-order chi connectivity index (χ1) is 21.1. The van der Waals surface area contributed by atoms with Crippen LogP contribution in [0.15, 0.2) is 30.5 Å². The average molecular weight is 618 g/mol. The summed E-state index contributed by atoms with van der Waals surface area (Å²) < 4.78 is 47.1. The molecule has 0 aromatic carbocycles. The minimum absolute atomic E-state index is 0.00857. The summed E-state index contributed by atoms with van der Waals surface area (Å²) in [5.74, 6) is 0.131. The quantitative estimate of drug-likeness (QED) is 0.492. The molecule has 3 fully saturated rings. The number of hydrogen-bond donors (Lipinski definition) is 1. The lowest BCUT2D eigenvalue weighted by molar-refractivity contribution is -0.183. The fourth-order valence-corrected chi connectivity index (χ4v) is 6.52. The molecule has 3 aliphatic heterocycles. The number of aromatic nitrogens is 2. The Kier molecular flexibility index (Phi) is 9.81. The van der Waals surface area contributed by atoms with Gasteiger partial charge in [0.2, 0.25) is 5.88 Å². The number of hydrogen-bond acceptors (Lipinski definition) is 7. The molecule has 0 aliphatic carbocycles. The molecule has 3 amide bonds. The molecule has 13 heteroatoms. The van der Waals surface area contributed by atoms with E-state index in [0.717, 1.165) is 24.4 Å². The molecule has 240 valence electrons. The number of piperidine rings is 1. The van der Waals surface area contributed by atoms with Crippen LogP contribution in [0.1, 0.15) is 56.4 Å². The number of piperazine rings is 1. The highest BCUT2D eigenvalue weighted by Crippen LogP contribution is 2.35. The number of amides is 3. The number of nitrogens with one attached hydrogen (secondary N) is 1. The Hall–Kier alpha value is -3.61. The van der Waals surface area contributed by atoms with Gasteiger partial charge in [0.1, 0.15) is 6.04 Å². The van der Waals surface area contributed by atoms with Crippen molar-refractivity contribution in [3.8, 4) is 17.1 Å². The number of nitrogens with zero attached hydrogens (tertiary/aromatic N) is 6. The molecule has 3 aliphatic rings. The van der Waals surface area contributed by atoms with Gasteiger partial charge in [-0.05, 0) is 76.9 Å². The molecule has 5 rings (SSSR count). The van der Waals surface area contributed by atoms with Crippen LogP contribution in [0.5, 0.6) is 5.88 Å². The fraction of sp³-hybridized carbons (Fsp3) is 0.613. The van der Waals surface area contributed by atoms with Gasteiger partial charge in [-0.1, -0.05) is 6.92 Å². The van der Waals surface area contributed by atoms with Crippen molar-refractivity contribution < 1.29 is 27.5 Å². The van der Waals surface area contributed by atoms with Gasteiger partial charge in [-0.2, -0.15) is 13.2 Å². The van der Waals surface area contributed by atoms with Crippen molar-refractivity contribution >= 4 is 17.6 Å². The number of ether oxygens (including phenoxy) is 1. The average Bonchev–Trinajstić information content (AvgIpc) is 3.44. The number of rotatable bonds is 7. The van der Waals surface area contributed by atoms with E-state index >= 15 is 0 Å². The maximum absolute atomic E-state index is 13.8. The van der Waals surface area contributed by atoms with Crippen LogP contribution in [0.2, 0.25) is 0 Å². The Bertz CT molecular complexity index is 1330. The SMILES string of the molecule is CCOc1ncccc1-c1ccc(N2CCN(C(=O)N3CCCC[C@H]3C(F)(F)F)C[C@H]2CC)c(C(=O)N[C@H]2CCN(C)C2)n1. The van der Waals surface area contributed by atoms with Crippen molar-refractivity contribution in [2.45, 2.75) is 70.3 Å². The molecular formula is C31H42F3N7O3. The molecule has 3 saturated heterocycles. The van der Waals surface area contributed by atoms with Crippen molar-refractivity contribution in [1.82, 2.24) is 30.0 Å². The molecule has 10 nitrogen and oxygen atoms in total. The number of urea groups is 1. The van der Waals surface area contributed by atoms with Crippen LogP contribution in [-0.2, 0) is 0 Å². The molecule has 5 heterocycles. The highest BCUT2D eigenvalue weighted by atomic mass is 19.4. The van der Waals surface area contributed by atoms with E-state index in [1.54, 1.807) is 12.3 Å². The molecule has 0 radical (unpaired) electrons. The fourth-order valence-electron chi connectivity index (χ4n) is 6.52. The van der Waals surface area contributed by atoms with E-state index in [-0.39, 0.29) is 49.7 Å². The van der Waals surface area contributed by atoms with Gasteiger partial charge in [0.25, 0.3) is 5.91 Å². The molecule has 0 unspecified atom stereocenters. The Morgan fingerprint density at radius 2 is 1.86 bits per heavy atom. The molecule has 0 spiro atoms. The first-order valence-corrected chi connectivity index (χ1v) is 15.6. The summed E-state index contributed by atoms with van der Waals surface area (Å²) in [6.07, 6.45) is -0.410. The van der Waals surface area contributed by atoms with E-state index in [1.807, 2.05) is 39.1 Å². The predicted octanol–water partition coefficient (Wildman–Crippen LogP) is 4.41. The normalized spacial score (nSPS) is 23.1. The summed E-state index contributed by atoms with van der Waals surface area (Å²) in [4.78, 5) is 43.2. The second-order valence-corrected chi connectivity index (χ2v) is 11.8. The molecular weight excluding hydrogens is 575 g/mol. The topological polar surface area (TPSA) is 94.1 Å².